The first kappa shape index (κ1) is 22.4. The normalized spacial score (nSPS) is 11.4. The molecule has 0 saturated carbocycles. The highest BCUT2D eigenvalue weighted by atomic mass is 32.2. The van der Waals surface area contributed by atoms with Crippen LogP contribution in [0.2, 0.25) is 0 Å². The molecule has 0 fully saturated rings. The average Bonchev–Trinajstić information content (AvgIpc) is 2.53. The maximum atomic E-state index is 11.6. The molecule has 25 heavy (non-hydrogen) atoms. The summed E-state index contributed by atoms with van der Waals surface area (Å²) < 4.78 is 30.7. The van der Waals surface area contributed by atoms with Gasteiger partial charge in [-0.25, -0.2) is 4.79 Å². The first-order valence-corrected chi connectivity index (χ1v) is 9.20. The fraction of sp³-hybridized carbons (Fsp3) is 0.375. The Labute approximate surface area is 148 Å². The van der Waals surface area contributed by atoms with E-state index >= 15 is 0 Å². The van der Waals surface area contributed by atoms with Gasteiger partial charge in [0.2, 0.25) is 0 Å². The van der Waals surface area contributed by atoms with E-state index in [1.807, 2.05) is 19.2 Å². The largest absolute Gasteiger partial charge is 0.462 e. The third-order valence-electron chi connectivity index (χ3n) is 2.95. The van der Waals surface area contributed by atoms with Crippen molar-refractivity contribution in [2.45, 2.75) is 13.8 Å². The lowest BCUT2D eigenvalue weighted by molar-refractivity contribution is -0.137. The number of nitrogens with two attached hydrogens (primary N) is 1. The summed E-state index contributed by atoms with van der Waals surface area (Å²) in [7, 11) is -1.69. The van der Waals surface area contributed by atoms with Crippen molar-refractivity contribution in [3.05, 3.63) is 35.4 Å². The summed E-state index contributed by atoms with van der Waals surface area (Å²) in [6, 6.07) is 9.16. The Morgan fingerprint density at radius 3 is 2.16 bits per heavy atom. The molecule has 1 aromatic carbocycles. The Hall–Kier alpha value is -2.57. The van der Waals surface area contributed by atoms with Gasteiger partial charge in [0.1, 0.15) is 6.07 Å². The number of hydrogen-bond acceptors (Lipinski definition) is 7. The Morgan fingerprint density at radius 1 is 1.32 bits per heavy atom. The van der Waals surface area contributed by atoms with Crippen molar-refractivity contribution in [3.8, 4) is 6.07 Å². The number of anilines is 1. The molecule has 0 aliphatic rings. The predicted molar refractivity (Wildman–Crippen MR) is 96.2 cm³/mol. The molecule has 9 heteroatoms. The van der Waals surface area contributed by atoms with Crippen LogP contribution in [0.5, 0.6) is 0 Å². The third kappa shape index (κ3) is 8.74. The van der Waals surface area contributed by atoms with Crippen LogP contribution in [0.25, 0.3) is 5.70 Å². The van der Waals surface area contributed by atoms with Gasteiger partial charge in [-0.1, -0.05) is 12.1 Å². The number of rotatable bonds is 5. The minimum Gasteiger partial charge on any atom is -0.462 e. The van der Waals surface area contributed by atoms with E-state index in [1.165, 1.54) is 0 Å². The van der Waals surface area contributed by atoms with Gasteiger partial charge < -0.3 is 15.4 Å². The van der Waals surface area contributed by atoms with Crippen molar-refractivity contribution in [2.75, 3.05) is 31.4 Å². The number of hydrogen-bond donors (Lipinski definition) is 2. The monoisotopic (exact) mass is 369 g/mol. The minimum absolute atomic E-state index is 0.136. The summed E-state index contributed by atoms with van der Waals surface area (Å²) in [6.07, 6.45) is 0.715. The van der Waals surface area contributed by atoms with Crippen molar-refractivity contribution in [3.63, 3.8) is 0 Å². The lowest BCUT2D eigenvalue weighted by Crippen LogP contribution is -2.16. The molecule has 8 nitrogen and oxygen atoms in total. The van der Waals surface area contributed by atoms with Crippen LogP contribution in [0.4, 0.5) is 5.69 Å². The average molecular weight is 369 g/mol. The zero-order valence-electron chi connectivity index (χ0n) is 14.7. The van der Waals surface area contributed by atoms with E-state index in [1.54, 1.807) is 25.1 Å². The van der Waals surface area contributed by atoms with Gasteiger partial charge >= 0.3 is 5.97 Å². The number of nitriles is 1. The van der Waals surface area contributed by atoms with E-state index in [2.05, 4.69) is 11.8 Å². The van der Waals surface area contributed by atoms with Crippen LogP contribution in [-0.4, -0.2) is 45.4 Å². The highest BCUT2D eigenvalue weighted by Crippen LogP contribution is 2.19. The highest BCUT2D eigenvalue weighted by molar-refractivity contribution is 7.85. The highest BCUT2D eigenvalue weighted by Gasteiger charge is 2.15. The molecule has 3 N–H and O–H groups in total. The number of nitrogens with zero attached hydrogens (tertiary/aromatic N) is 2. The summed E-state index contributed by atoms with van der Waals surface area (Å²) in [5.74, 6) is -0.692. The van der Waals surface area contributed by atoms with Gasteiger partial charge in [-0.2, -0.15) is 13.7 Å². The van der Waals surface area contributed by atoms with Crippen LogP contribution in [0.3, 0.4) is 0 Å². The van der Waals surface area contributed by atoms with Crippen LogP contribution in [0.15, 0.2) is 29.8 Å². The molecule has 0 bridgehead atoms. The molecule has 0 aliphatic heterocycles. The molecule has 0 radical (unpaired) electrons. The molecule has 0 aliphatic carbocycles. The third-order valence-corrected chi connectivity index (χ3v) is 2.95. The molecule has 0 aromatic heterocycles. The minimum atomic E-state index is -3.67. The van der Waals surface area contributed by atoms with Crippen LogP contribution in [0.1, 0.15) is 19.4 Å². The van der Waals surface area contributed by atoms with Gasteiger partial charge in [-0.05, 0) is 31.5 Å². The molecule has 138 valence electrons. The van der Waals surface area contributed by atoms with Gasteiger partial charge in [0.05, 0.1) is 18.6 Å². The second kappa shape index (κ2) is 10.3. The Bertz CT molecular complexity index is 741. The summed E-state index contributed by atoms with van der Waals surface area (Å²) in [4.78, 5) is 13.7. The number of carbonyl (C=O) groups is 1. The number of ether oxygens (including phenoxy) is 1. The maximum absolute atomic E-state index is 11.6. The first-order chi connectivity index (χ1) is 11.5. The molecule has 0 spiro atoms. The van der Waals surface area contributed by atoms with Crippen LogP contribution >= 0.6 is 0 Å². The van der Waals surface area contributed by atoms with Crippen molar-refractivity contribution in [2.24, 2.45) is 5.73 Å². The second-order valence-corrected chi connectivity index (χ2v) is 6.38. The molecule has 0 unspecified atom stereocenters. The first-order valence-electron chi connectivity index (χ1n) is 7.36. The van der Waals surface area contributed by atoms with Crippen LogP contribution < -0.4 is 10.6 Å². The molecule has 0 heterocycles. The Balaban J connectivity index is 0.00000101. The van der Waals surface area contributed by atoms with Crippen LogP contribution in [-0.2, 0) is 19.6 Å². The molecule has 1 rings (SSSR count). The summed E-state index contributed by atoms with van der Waals surface area (Å²) >= 11 is 0. The van der Waals surface area contributed by atoms with Crippen LogP contribution in [0, 0.1) is 11.3 Å². The van der Waals surface area contributed by atoms with Gasteiger partial charge in [-0.3, -0.25) is 4.55 Å². The summed E-state index contributed by atoms with van der Waals surface area (Å²) in [6.45, 7) is 4.82. The van der Waals surface area contributed by atoms with Crippen molar-refractivity contribution >= 4 is 27.5 Å². The SMILES string of the molecule is CCOC(=O)C(C#N)=C(N)c1ccc(N(C)CC)cc1.CS(=O)(=O)O. The van der Waals surface area contributed by atoms with Crippen molar-refractivity contribution in [1.82, 2.24) is 0 Å². The molecule has 0 saturated heterocycles. The quantitative estimate of drug-likeness (QED) is 0.344. The zero-order valence-corrected chi connectivity index (χ0v) is 15.5. The maximum Gasteiger partial charge on any atom is 0.351 e. The topological polar surface area (TPSA) is 134 Å². The lowest BCUT2D eigenvalue weighted by atomic mass is 10.1. The standard InChI is InChI=1S/C15H19N3O2.CH4O3S/c1-4-18(3)12-8-6-11(7-9-12)14(17)13(10-16)15(19)20-5-2;1-5(2,3)4/h6-9H,4-5,17H2,1-3H3;1H3,(H,2,3,4). The predicted octanol–water partition coefficient (Wildman–Crippen LogP) is 1.40. The van der Waals surface area contributed by atoms with E-state index in [9.17, 15) is 13.2 Å². The molecule has 1 aromatic rings. The van der Waals surface area contributed by atoms with Crippen molar-refractivity contribution in [1.29, 1.82) is 5.26 Å². The van der Waals surface area contributed by atoms with E-state index in [4.69, 9.17) is 20.3 Å². The lowest BCUT2D eigenvalue weighted by Gasteiger charge is -2.17. The summed E-state index contributed by atoms with van der Waals surface area (Å²) in [5.41, 5.74) is 7.52. The van der Waals surface area contributed by atoms with Crippen molar-refractivity contribution < 1.29 is 22.5 Å². The number of benzene rings is 1. The van der Waals surface area contributed by atoms with Gasteiger partial charge in [0.15, 0.2) is 5.57 Å². The molecular weight excluding hydrogens is 346 g/mol. The fourth-order valence-corrected chi connectivity index (χ4v) is 1.64. The van der Waals surface area contributed by atoms with E-state index in [0.29, 0.717) is 11.8 Å². The number of esters is 1. The molecule has 0 amide bonds. The van der Waals surface area contributed by atoms with E-state index in [-0.39, 0.29) is 17.9 Å². The molecular formula is C16H23N3O5S. The Morgan fingerprint density at radius 2 is 1.80 bits per heavy atom. The zero-order chi connectivity index (χ0) is 19.6. The number of carbonyl (C=O) groups excluding carboxylic acids is 1. The van der Waals surface area contributed by atoms with E-state index < -0.39 is 16.1 Å². The van der Waals surface area contributed by atoms with Gasteiger partial charge in [0.25, 0.3) is 10.1 Å². The van der Waals surface area contributed by atoms with E-state index in [0.717, 1.165) is 12.2 Å². The molecule has 0 atom stereocenters. The smallest absolute Gasteiger partial charge is 0.351 e. The fourth-order valence-electron chi connectivity index (χ4n) is 1.64. The summed E-state index contributed by atoms with van der Waals surface area (Å²) in [5, 5.41) is 9.04. The van der Waals surface area contributed by atoms with Gasteiger partial charge in [0, 0.05) is 19.3 Å². The Kier molecular flexibility index (Phi) is 9.27. The second-order valence-electron chi connectivity index (χ2n) is 4.92. The van der Waals surface area contributed by atoms with Gasteiger partial charge in [-0.15, -0.1) is 0 Å².